The van der Waals surface area contributed by atoms with E-state index in [1.807, 2.05) is 25.1 Å². The average molecular weight is 392 g/mol. The summed E-state index contributed by atoms with van der Waals surface area (Å²) in [5.74, 6) is 0.626. The molecule has 1 aliphatic rings. The monoisotopic (exact) mass is 390 g/mol. The molecule has 22 heavy (non-hydrogen) atoms. The van der Waals surface area contributed by atoms with Gasteiger partial charge in [0, 0.05) is 12.1 Å². The number of halogens is 2. The third kappa shape index (κ3) is 5.14. The van der Waals surface area contributed by atoms with Gasteiger partial charge in [0.15, 0.2) is 6.10 Å². The van der Waals surface area contributed by atoms with Gasteiger partial charge >= 0.3 is 0 Å². The van der Waals surface area contributed by atoms with Gasteiger partial charge in [-0.25, -0.2) is 0 Å². The zero-order valence-corrected chi connectivity index (χ0v) is 15.6. The van der Waals surface area contributed by atoms with E-state index in [1.165, 1.54) is 0 Å². The average Bonchev–Trinajstić information content (AvgIpc) is 2.44. The number of nitrogens with one attached hydrogen (secondary N) is 2. The van der Waals surface area contributed by atoms with E-state index in [0.717, 1.165) is 29.4 Å². The first-order valence-electron chi connectivity index (χ1n) is 7.44. The van der Waals surface area contributed by atoms with E-state index < -0.39 is 6.10 Å². The van der Waals surface area contributed by atoms with E-state index in [-0.39, 0.29) is 24.4 Å². The standard InChI is InChI=1S/C16H23BrN2O2.ClH/c1-10-6-7-15(13(17)9-10)21-12(3)16(20)19-14-5-4-8-18-11(14)2;/h6-7,9,11-12,14,18H,4-5,8H2,1-3H3,(H,19,20);1H. The number of piperidine rings is 1. The second-order valence-electron chi connectivity index (χ2n) is 5.69. The van der Waals surface area contributed by atoms with Crippen LogP contribution in [0.15, 0.2) is 22.7 Å². The van der Waals surface area contributed by atoms with Crippen molar-refractivity contribution < 1.29 is 9.53 Å². The SMILES string of the molecule is Cc1ccc(OC(C)C(=O)NC2CCCNC2C)c(Br)c1.Cl. The Kier molecular flexibility index (Phi) is 7.66. The highest BCUT2D eigenvalue weighted by Gasteiger charge is 2.25. The number of aryl methyl sites for hydroxylation is 1. The summed E-state index contributed by atoms with van der Waals surface area (Å²) >= 11 is 3.47. The number of carbonyl (C=O) groups excluding carboxylic acids is 1. The van der Waals surface area contributed by atoms with Crippen molar-refractivity contribution in [1.29, 1.82) is 0 Å². The topological polar surface area (TPSA) is 50.4 Å². The van der Waals surface area contributed by atoms with Crippen LogP contribution in [0.25, 0.3) is 0 Å². The Bertz CT molecular complexity index is 513. The Labute approximate surface area is 146 Å². The molecule has 4 nitrogen and oxygen atoms in total. The van der Waals surface area contributed by atoms with E-state index >= 15 is 0 Å². The highest BCUT2D eigenvalue weighted by molar-refractivity contribution is 9.10. The molecular weight excluding hydrogens is 368 g/mol. The fourth-order valence-corrected chi connectivity index (χ4v) is 3.07. The van der Waals surface area contributed by atoms with Gasteiger partial charge in [-0.1, -0.05) is 6.07 Å². The summed E-state index contributed by atoms with van der Waals surface area (Å²) in [5, 5.41) is 6.46. The first kappa shape index (κ1) is 19.3. The summed E-state index contributed by atoms with van der Waals surface area (Å²) < 4.78 is 6.63. The molecule has 6 heteroatoms. The lowest BCUT2D eigenvalue weighted by atomic mass is 10.00. The van der Waals surface area contributed by atoms with Gasteiger partial charge in [0.2, 0.25) is 0 Å². The van der Waals surface area contributed by atoms with E-state index in [2.05, 4.69) is 33.5 Å². The molecule has 1 aromatic rings. The Morgan fingerprint density at radius 3 is 2.86 bits per heavy atom. The first-order valence-corrected chi connectivity index (χ1v) is 8.23. The lowest BCUT2D eigenvalue weighted by molar-refractivity contribution is -0.128. The molecule has 0 saturated carbocycles. The van der Waals surface area contributed by atoms with Crippen LogP contribution in [0.5, 0.6) is 5.75 Å². The van der Waals surface area contributed by atoms with Gasteiger partial charge in [0.05, 0.1) is 4.47 Å². The molecular formula is C16H24BrClN2O2. The predicted molar refractivity (Wildman–Crippen MR) is 94.8 cm³/mol. The van der Waals surface area contributed by atoms with E-state index in [1.54, 1.807) is 6.92 Å². The molecule has 1 aromatic carbocycles. The summed E-state index contributed by atoms with van der Waals surface area (Å²) in [5.41, 5.74) is 1.15. The Hall–Kier alpha value is -0.780. The van der Waals surface area contributed by atoms with Crippen molar-refractivity contribution in [2.75, 3.05) is 6.54 Å². The Balaban J connectivity index is 0.00000242. The number of ether oxygens (including phenoxy) is 1. The van der Waals surface area contributed by atoms with Gasteiger partial charge in [-0.15, -0.1) is 12.4 Å². The number of carbonyl (C=O) groups is 1. The van der Waals surface area contributed by atoms with Gasteiger partial charge in [-0.05, 0) is 73.8 Å². The van der Waals surface area contributed by atoms with Gasteiger partial charge in [0.25, 0.3) is 5.91 Å². The molecule has 1 fully saturated rings. The van der Waals surface area contributed by atoms with Crippen LogP contribution < -0.4 is 15.4 Å². The molecule has 124 valence electrons. The zero-order chi connectivity index (χ0) is 15.4. The number of hydrogen-bond acceptors (Lipinski definition) is 3. The van der Waals surface area contributed by atoms with Crippen molar-refractivity contribution in [3.05, 3.63) is 28.2 Å². The smallest absolute Gasteiger partial charge is 0.261 e. The summed E-state index contributed by atoms with van der Waals surface area (Å²) in [7, 11) is 0. The Morgan fingerprint density at radius 2 is 2.23 bits per heavy atom. The number of benzene rings is 1. The molecule has 0 spiro atoms. The molecule has 0 radical (unpaired) electrons. The fourth-order valence-electron chi connectivity index (χ4n) is 2.49. The number of amides is 1. The highest BCUT2D eigenvalue weighted by atomic mass is 79.9. The summed E-state index contributed by atoms with van der Waals surface area (Å²) in [4.78, 5) is 12.3. The number of rotatable bonds is 4. The maximum absolute atomic E-state index is 12.3. The van der Waals surface area contributed by atoms with Crippen molar-refractivity contribution in [2.24, 2.45) is 0 Å². The van der Waals surface area contributed by atoms with Crippen molar-refractivity contribution in [2.45, 2.75) is 51.8 Å². The van der Waals surface area contributed by atoms with Crippen molar-refractivity contribution in [3.63, 3.8) is 0 Å². The predicted octanol–water partition coefficient (Wildman–Crippen LogP) is 3.20. The molecule has 0 aliphatic carbocycles. The molecule has 2 N–H and O–H groups in total. The van der Waals surface area contributed by atoms with Gasteiger partial charge in [-0.2, -0.15) is 0 Å². The van der Waals surface area contributed by atoms with Crippen LogP contribution in [0.4, 0.5) is 0 Å². The van der Waals surface area contributed by atoms with Crippen LogP contribution in [-0.2, 0) is 4.79 Å². The maximum atomic E-state index is 12.3. The summed E-state index contributed by atoms with van der Waals surface area (Å²) in [6, 6.07) is 6.32. The minimum Gasteiger partial charge on any atom is -0.480 e. The third-order valence-corrected chi connectivity index (χ3v) is 4.47. The first-order chi connectivity index (χ1) is 9.97. The molecule has 1 saturated heterocycles. The van der Waals surface area contributed by atoms with Crippen molar-refractivity contribution in [1.82, 2.24) is 10.6 Å². The highest BCUT2D eigenvalue weighted by Crippen LogP contribution is 2.26. The van der Waals surface area contributed by atoms with Crippen LogP contribution in [0, 0.1) is 6.92 Å². The molecule has 3 atom stereocenters. The second kappa shape index (κ2) is 8.75. The minimum absolute atomic E-state index is 0. The van der Waals surface area contributed by atoms with Crippen molar-refractivity contribution >= 4 is 34.2 Å². The quantitative estimate of drug-likeness (QED) is 0.828. The Morgan fingerprint density at radius 1 is 1.50 bits per heavy atom. The molecule has 0 bridgehead atoms. The van der Waals surface area contributed by atoms with Crippen LogP contribution in [0.3, 0.4) is 0 Å². The lowest BCUT2D eigenvalue weighted by Gasteiger charge is -2.31. The van der Waals surface area contributed by atoms with E-state index in [4.69, 9.17) is 4.74 Å². The fraction of sp³-hybridized carbons (Fsp3) is 0.562. The normalized spacial score (nSPS) is 22.4. The van der Waals surface area contributed by atoms with Gasteiger partial charge < -0.3 is 15.4 Å². The van der Waals surface area contributed by atoms with Crippen LogP contribution >= 0.6 is 28.3 Å². The van der Waals surface area contributed by atoms with Gasteiger partial charge in [0.1, 0.15) is 5.75 Å². The summed E-state index contributed by atoms with van der Waals surface area (Å²) in [6.07, 6.45) is 1.59. The molecule has 1 aliphatic heterocycles. The molecule has 3 unspecified atom stereocenters. The number of hydrogen-bond donors (Lipinski definition) is 2. The molecule has 1 amide bonds. The van der Waals surface area contributed by atoms with Crippen molar-refractivity contribution in [3.8, 4) is 5.75 Å². The lowest BCUT2D eigenvalue weighted by Crippen LogP contribution is -2.54. The van der Waals surface area contributed by atoms with Crippen LogP contribution in [0.2, 0.25) is 0 Å². The van der Waals surface area contributed by atoms with Crippen LogP contribution in [0.1, 0.15) is 32.3 Å². The zero-order valence-electron chi connectivity index (χ0n) is 13.2. The second-order valence-corrected chi connectivity index (χ2v) is 6.55. The van der Waals surface area contributed by atoms with Crippen LogP contribution in [-0.4, -0.2) is 30.6 Å². The summed E-state index contributed by atoms with van der Waals surface area (Å²) in [6.45, 7) is 6.92. The largest absolute Gasteiger partial charge is 0.480 e. The van der Waals surface area contributed by atoms with E-state index in [9.17, 15) is 4.79 Å². The maximum Gasteiger partial charge on any atom is 0.261 e. The third-order valence-electron chi connectivity index (χ3n) is 3.85. The minimum atomic E-state index is -0.516. The molecule has 0 aromatic heterocycles. The molecule has 2 rings (SSSR count). The molecule has 1 heterocycles. The van der Waals surface area contributed by atoms with E-state index in [0.29, 0.717) is 11.8 Å². The van der Waals surface area contributed by atoms with Gasteiger partial charge in [-0.3, -0.25) is 4.79 Å².